The average Bonchev–Trinajstić information content (AvgIpc) is 2.09. The number of hydrogen-bond acceptors (Lipinski definition) is 6. The lowest BCUT2D eigenvalue weighted by Crippen LogP contribution is -2.39. The van der Waals surface area contributed by atoms with Gasteiger partial charge in [-0.15, -0.1) is 0 Å². The highest BCUT2D eigenvalue weighted by molar-refractivity contribution is 7.87. The van der Waals surface area contributed by atoms with Crippen LogP contribution in [0.5, 0.6) is 0 Å². The highest BCUT2D eigenvalue weighted by atomic mass is 32.2. The molecule has 10 heteroatoms. The Bertz CT molecular complexity index is 374. The van der Waals surface area contributed by atoms with Gasteiger partial charge in [0, 0.05) is 6.92 Å². The van der Waals surface area contributed by atoms with Crippen molar-refractivity contribution in [3.63, 3.8) is 0 Å². The molecule has 7 nitrogen and oxygen atoms in total. The largest absolute Gasteiger partial charge is 0.465 e. The SMILES string of the molecule is CC(=O)OCCOC(=O)C(F)(F)S(=O)(=O)O. The zero-order valence-electron chi connectivity index (χ0n) is 7.98. The molecular formula is C6H8F2O7S. The maximum atomic E-state index is 12.5. The predicted octanol–water partition coefficient (Wildman–Crippen LogP) is -0.427. The summed E-state index contributed by atoms with van der Waals surface area (Å²) in [6.45, 7) is -0.208. The highest BCUT2D eigenvalue weighted by Crippen LogP contribution is 2.21. The summed E-state index contributed by atoms with van der Waals surface area (Å²) >= 11 is 0. The fourth-order valence-corrected chi connectivity index (χ4v) is 0.779. The first-order valence-corrected chi connectivity index (χ1v) is 5.18. The number of esters is 2. The molecule has 0 aromatic heterocycles. The van der Waals surface area contributed by atoms with E-state index in [9.17, 15) is 26.8 Å². The third-order valence-electron chi connectivity index (χ3n) is 1.18. The van der Waals surface area contributed by atoms with E-state index >= 15 is 0 Å². The quantitative estimate of drug-likeness (QED) is 0.407. The molecule has 0 heterocycles. The summed E-state index contributed by atoms with van der Waals surface area (Å²) in [6.07, 6.45) is 0. The first-order chi connectivity index (χ1) is 7.09. The van der Waals surface area contributed by atoms with Gasteiger partial charge in [0.15, 0.2) is 0 Å². The second-order valence-corrected chi connectivity index (χ2v) is 3.93. The van der Waals surface area contributed by atoms with Crippen LogP contribution in [0.25, 0.3) is 0 Å². The molecule has 0 atom stereocenters. The summed E-state index contributed by atoms with van der Waals surface area (Å²) in [5.41, 5.74) is 0. The number of hydrogen-bond donors (Lipinski definition) is 1. The lowest BCUT2D eigenvalue weighted by atomic mass is 10.7. The standard InChI is InChI=1S/C6H8F2O7S/c1-4(9)14-2-3-15-5(10)6(7,8)16(11,12)13/h2-3H2,1H3,(H,11,12,13). The highest BCUT2D eigenvalue weighted by Gasteiger charge is 2.54. The van der Waals surface area contributed by atoms with E-state index in [4.69, 9.17) is 4.55 Å². The van der Waals surface area contributed by atoms with Gasteiger partial charge in [-0.25, -0.2) is 4.79 Å². The first kappa shape index (κ1) is 14.7. The third kappa shape index (κ3) is 4.06. The summed E-state index contributed by atoms with van der Waals surface area (Å²) in [5, 5.41) is -5.04. The van der Waals surface area contributed by atoms with Gasteiger partial charge >= 0.3 is 27.3 Å². The van der Waals surface area contributed by atoms with Crippen molar-refractivity contribution in [2.45, 2.75) is 12.2 Å². The van der Waals surface area contributed by atoms with Gasteiger partial charge in [-0.3, -0.25) is 9.35 Å². The van der Waals surface area contributed by atoms with Crippen LogP contribution in [-0.4, -0.2) is 43.4 Å². The molecule has 0 bridgehead atoms. The van der Waals surface area contributed by atoms with E-state index in [1.165, 1.54) is 0 Å². The molecular weight excluding hydrogens is 254 g/mol. The monoisotopic (exact) mass is 262 g/mol. The van der Waals surface area contributed by atoms with Crippen LogP contribution < -0.4 is 0 Å². The second-order valence-electron chi connectivity index (χ2n) is 2.47. The van der Waals surface area contributed by atoms with Crippen LogP contribution in [0, 0.1) is 0 Å². The molecule has 0 spiro atoms. The van der Waals surface area contributed by atoms with E-state index < -0.39 is 40.5 Å². The molecule has 0 amide bonds. The number of halogens is 2. The minimum atomic E-state index is -5.87. The number of carbonyl (C=O) groups is 2. The van der Waals surface area contributed by atoms with E-state index in [2.05, 4.69) is 9.47 Å². The molecule has 0 unspecified atom stereocenters. The van der Waals surface area contributed by atoms with Gasteiger partial charge in [0.25, 0.3) is 0 Å². The van der Waals surface area contributed by atoms with Crippen molar-refractivity contribution < 1.29 is 40.8 Å². The van der Waals surface area contributed by atoms with Gasteiger partial charge in [-0.2, -0.15) is 17.2 Å². The Hall–Kier alpha value is -1.29. The van der Waals surface area contributed by atoms with Crippen LogP contribution in [0.15, 0.2) is 0 Å². The van der Waals surface area contributed by atoms with Crippen molar-refractivity contribution >= 4 is 22.1 Å². The van der Waals surface area contributed by atoms with Crippen LogP contribution in [0.2, 0.25) is 0 Å². The molecule has 0 radical (unpaired) electrons. The van der Waals surface area contributed by atoms with Crippen molar-refractivity contribution in [2.75, 3.05) is 13.2 Å². The summed E-state index contributed by atoms with van der Waals surface area (Å²) in [7, 11) is -5.87. The smallest absolute Gasteiger partial charge is 0.462 e. The molecule has 0 aromatic carbocycles. The molecule has 0 aliphatic carbocycles. The molecule has 0 saturated carbocycles. The van der Waals surface area contributed by atoms with Crippen molar-refractivity contribution in [2.24, 2.45) is 0 Å². The maximum Gasteiger partial charge on any atom is 0.465 e. The van der Waals surface area contributed by atoms with Crippen molar-refractivity contribution in [1.29, 1.82) is 0 Å². The van der Waals surface area contributed by atoms with E-state index in [-0.39, 0.29) is 0 Å². The Morgan fingerprint density at radius 3 is 2.06 bits per heavy atom. The van der Waals surface area contributed by atoms with Crippen molar-refractivity contribution in [3.05, 3.63) is 0 Å². The molecule has 0 aliphatic rings. The predicted molar refractivity (Wildman–Crippen MR) is 44.1 cm³/mol. The summed E-state index contributed by atoms with van der Waals surface area (Å²) in [5.74, 6) is -3.17. The van der Waals surface area contributed by atoms with Gasteiger partial charge < -0.3 is 9.47 Å². The first-order valence-electron chi connectivity index (χ1n) is 3.74. The van der Waals surface area contributed by atoms with E-state index in [0.717, 1.165) is 6.92 Å². The van der Waals surface area contributed by atoms with E-state index in [0.29, 0.717) is 0 Å². The van der Waals surface area contributed by atoms with Gasteiger partial charge in [0.1, 0.15) is 13.2 Å². The van der Waals surface area contributed by atoms with Crippen LogP contribution in [0.3, 0.4) is 0 Å². The van der Waals surface area contributed by atoms with Gasteiger partial charge in [0.05, 0.1) is 0 Å². The fourth-order valence-electron chi connectivity index (χ4n) is 0.509. The van der Waals surface area contributed by atoms with Crippen LogP contribution in [0.1, 0.15) is 6.92 Å². The van der Waals surface area contributed by atoms with Gasteiger partial charge in [0.2, 0.25) is 0 Å². The molecule has 16 heavy (non-hydrogen) atoms. The Kier molecular flexibility index (Phi) is 4.75. The summed E-state index contributed by atoms with van der Waals surface area (Å²) in [4.78, 5) is 20.7. The van der Waals surface area contributed by atoms with Crippen molar-refractivity contribution in [3.8, 4) is 0 Å². The maximum absolute atomic E-state index is 12.5. The molecule has 0 aromatic rings. The number of ether oxygens (including phenoxy) is 2. The third-order valence-corrected chi connectivity index (χ3v) is 2.00. The Morgan fingerprint density at radius 1 is 1.25 bits per heavy atom. The van der Waals surface area contributed by atoms with Crippen LogP contribution in [0.4, 0.5) is 8.78 Å². The summed E-state index contributed by atoms with van der Waals surface area (Å²) < 4.78 is 61.1. The number of rotatable bonds is 5. The topological polar surface area (TPSA) is 107 Å². The molecule has 94 valence electrons. The fraction of sp³-hybridized carbons (Fsp3) is 0.667. The van der Waals surface area contributed by atoms with Crippen molar-refractivity contribution in [1.82, 2.24) is 0 Å². The molecule has 0 saturated heterocycles. The van der Waals surface area contributed by atoms with Gasteiger partial charge in [-0.05, 0) is 0 Å². The second kappa shape index (κ2) is 5.16. The summed E-state index contributed by atoms with van der Waals surface area (Å²) in [6, 6.07) is 0. The lowest BCUT2D eigenvalue weighted by Gasteiger charge is -2.11. The molecule has 1 N–H and O–H groups in total. The molecule has 0 aliphatic heterocycles. The molecule has 0 fully saturated rings. The Morgan fingerprint density at radius 2 is 1.69 bits per heavy atom. The Labute approximate surface area is 89.1 Å². The zero-order chi connectivity index (χ0) is 13.0. The lowest BCUT2D eigenvalue weighted by molar-refractivity contribution is -0.164. The number of carbonyl (C=O) groups excluding carboxylic acids is 2. The Balaban J connectivity index is 4.23. The normalized spacial score (nSPS) is 12.0. The molecule has 0 rings (SSSR count). The van der Waals surface area contributed by atoms with Crippen LogP contribution >= 0.6 is 0 Å². The number of alkyl halides is 2. The average molecular weight is 262 g/mol. The van der Waals surface area contributed by atoms with E-state index in [1.54, 1.807) is 0 Å². The minimum absolute atomic E-state index is 0.497. The van der Waals surface area contributed by atoms with Gasteiger partial charge in [-0.1, -0.05) is 0 Å². The van der Waals surface area contributed by atoms with Crippen LogP contribution in [-0.2, 0) is 29.2 Å². The van der Waals surface area contributed by atoms with E-state index in [1.807, 2.05) is 0 Å². The minimum Gasteiger partial charge on any atom is -0.462 e. The zero-order valence-corrected chi connectivity index (χ0v) is 8.79.